The molecular weight excluding hydrogens is 202 g/mol. The Bertz CT molecular complexity index is 232. The lowest BCUT2D eigenvalue weighted by molar-refractivity contribution is -0.134. The van der Waals surface area contributed by atoms with Crippen LogP contribution in [0.1, 0.15) is 26.2 Å². The van der Waals surface area contributed by atoms with E-state index >= 15 is 0 Å². The van der Waals surface area contributed by atoms with Gasteiger partial charge in [-0.3, -0.25) is 4.79 Å². The van der Waals surface area contributed by atoms with Gasteiger partial charge >= 0.3 is 0 Å². The molecule has 0 aromatic heterocycles. The van der Waals surface area contributed by atoms with E-state index in [1.807, 2.05) is 18.9 Å². The van der Waals surface area contributed by atoms with Gasteiger partial charge in [-0.05, 0) is 39.4 Å². The topological polar surface area (TPSA) is 49.6 Å². The van der Waals surface area contributed by atoms with Gasteiger partial charge in [-0.1, -0.05) is 6.92 Å². The first-order valence-electron chi connectivity index (χ1n) is 6.21. The number of hydrogen-bond acceptors (Lipinski definition) is 3. The van der Waals surface area contributed by atoms with Gasteiger partial charge in [0.1, 0.15) is 0 Å². The summed E-state index contributed by atoms with van der Waals surface area (Å²) >= 11 is 0. The van der Waals surface area contributed by atoms with Crippen LogP contribution in [0, 0.1) is 5.92 Å². The predicted molar refractivity (Wildman–Crippen MR) is 66.1 cm³/mol. The Morgan fingerprint density at radius 1 is 1.62 bits per heavy atom. The zero-order valence-electron chi connectivity index (χ0n) is 10.8. The van der Waals surface area contributed by atoms with Crippen molar-refractivity contribution in [3.05, 3.63) is 0 Å². The van der Waals surface area contributed by atoms with Crippen LogP contribution >= 0.6 is 0 Å². The number of likely N-dealkylation sites (tertiary alicyclic amines) is 1. The number of nitrogens with zero attached hydrogens (tertiary/aromatic N) is 2. The molecule has 0 aliphatic carbocycles. The Morgan fingerprint density at radius 2 is 2.31 bits per heavy atom. The molecular formula is C12H25N3O. The molecule has 2 unspecified atom stereocenters. The van der Waals surface area contributed by atoms with Crippen LogP contribution in [0.15, 0.2) is 0 Å². The molecule has 2 N–H and O–H groups in total. The number of nitrogens with two attached hydrogens (primary N) is 1. The number of likely N-dealkylation sites (N-methyl/N-ethyl adjacent to an activating group) is 2. The highest BCUT2D eigenvalue weighted by molar-refractivity contribution is 5.78. The van der Waals surface area contributed by atoms with E-state index in [2.05, 4.69) is 11.9 Å². The Balaban J connectivity index is 2.38. The molecule has 0 aromatic carbocycles. The van der Waals surface area contributed by atoms with Crippen LogP contribution in [0.4, 0.5) is 0 Å². The van der Waals surface area contributed by atoms with E-state index in [4.69, 9.17) is 5.73 Å². The summed E-state index contributed by atoms with van der Waals surface area (Å²) in [5, 5.41) is 0. The van der Waals surface area contributed by atoms with Gasteiger partial charge in [0.15, 0.2) is 0 Å². The third kappa shape index (κ3) is 3.46. The van der Waals surface area contributed by atoms with Crippen molar-refractivity contribution in [1.82, 2.24) is 9.80 Å². The Morgan fingerprint density at radius 3 is 2.81 bits per heavy atom. The summed E-state index contributed by atoms with van der Waals surface area (Å²) in [5.74, 6) is 0.285. The molecule has 1 rings (SSSR count). The molecule has 0 saturated carbocycles. The van der Waals surface area contributed by atoms with Crippen LogP contribution < -0.4 is 5.73 Å². The predicted octanol–water partition coefficient (Wildman–Crippen LogP) is 0.524. The first-order chi connectivity index (χ1) is 7.56. The molecule has 2 atom stereocenters. The first-order valence-corrected chi connectivity index (χ1v) is 6.21. The summed E-state index contributed by atoms with van der Waals surface area (Å²) < 4.78 is 0. The summed E-state index contributed by atoms with van der Waals surface area (Å²) in [6.45, 7) is 4.56. The van der Waals surface area contributed by atoms with Crippen molar-refractivity contribution < 1.29 is 4.79 Å². The lowest BCUT2D eigenvalue weighted by atomic mass is 10.1. The Hall–Kier alpha value is -0.610. The highest BCUT2D eigenvalue weighted by Gasteiger charge is 2.25. The monoisotopic (exact) mass is 227 g/mol. The van der Waals surface area contributed by atoms with Gasteiger partial charge in [0.05, 0.1) is 0 Å². The number of rotatable bonds is 5. The van der Waals surface area contributed by atoms with E-state index in [0.29, 0.717) is 12.6 Å². The van der Waals surface area contributed by atoms with E-state index < -0.39 is 0 Å². The van der Waals surface area contributed by atoms with Gasteiger partial charge in [0, 0.05) is 25.6 Å². The lowest BCUT2D eigenvalue weighted by Crippen LogP contribution is -2.41. The maximum absolute atomic E-state index is 12.0. The average Bonchev–Trinajstić information content (AvgIpc) is 2.63. The van der Waals surface area contributed by atoms with E-state index in [9.17, 15) is 4.79 Å². The smallest absolute Gasteiger partial charge is 0.225 e. The van der Waals surface area contributed by atoms with Crippen molar-refractivity contribution in [2.75, 3.05) is 33.7 Å². The molecule has 0 aromatic rings. The highest BCUT2D eigenvalue weighted by atomic mass is 16.2. The molecule has 1 fully saturated rings. The van der Waals surface area contributed by atoms with Crippen molar-refractivity contribution in [2.24, 2.45) is 11.7 Å². The van der Waals surface area contributed by atoms with Crippen LogP contribution in [0.3, 0.4) is 0 Å². The first kappa shape index (κ1) is 13.5. The van der Waals surface area contributed by atoms with Crippen LogP contribution in [0.5, 0.6) is 0 Å². The molecule has 1 heterocycles. The number of carbonyl (C=O) groups is 1. The second-order valence-electron chi connectivity index (χ2n) is 4.97. The zero-order chi connectivity index (χ0) is 12.1. The van der Waals surface area contributed by atoms with Crippen molar-refractivity contribution >= 4 is 5.91 Å². The number of amides is 1. The molecule has 0 spiro atoms. The van der Waals surface area contributed by atoms with Crippen molar-refractivity contribution in [3.63, 3.8) is 0 Å². The standard InChI is InChI=1S/C12H25N3O/c1-10(6-7-13)12(16)15(3)9-11-5-4-8-14(11)2/h10-11H,4-9,13H2,1-3H3. The molecule has 94 valence electrons. The van der Waals surface area contributed by atoms with Crippen LogP contribution in [0.25, 0.3) is 0 Å². The highest BCUT2D eigenvalue weighted by Crippen LogP contribution is 2.16. The maximum Gasteiger partial charge on any atom is 0.225 e. The molecule has 16 heavy (non-hydrogen) atoms. The normalized spacial score (nSPS) is 23.4. The summed E-state index contributed by atoms with van der Waals surface area (Å²) in [4.78, 5) is 16.2. The third-order valence-corrected chi connectivity index (χ3v) is 3.55. The SMILES string of the molecule is CC(CCN)C(=O)N(C)CC1CCCN1C. The number of carbonyl (C=O) groups excluding carboxylic acids is 1. The van der Waals surface area contributed by atoms with E-state index in [1.165, 1.54) is 12.8 Å². The second kappa shape index (κ2) is 6.21. The maximum atomic E-state index is 12.0. The van der Waals surface area contributed by atoms with Crippen molar-refractivity contribution in [3.8, 4) is 0 Å². The molecule has 0 bridgehead atoms. The minimum absolute atomic E-state index is 0.0571. The van der Waals surface area contributed by atoms with E-state index in [-0.39, 0.29) is 11.8 Å². The molecule has 1 aliphatic heterocycles. The van der Waals surface area contributed by atoms with Gasteiger partial charge in [-0.2, -0.15) is 0 Å². The second-order valence-corrected chi connectivity index (χ2v) is 4.97. The summed E-state index contributed by atoms with van der Waals surface area (Å²) in [7, 11) is 4.04. The van der Waals surface area contributed by atoms with Gasteiger partial charge in [0.25, 0.3) is 0 Å². The Kier molecular flexibility index (Phi) is 5.22. The van der Waals surface area contributed by atoms with Crippen LogP contribution in [0.2, 0.25) is 0 Å². The molecule has 4 nitrogen and oxygen atoms in total. The van der Waals surface area contributed by atoms with Gasteiger partial charge in [-0.15, -0.1) is 0 Å². The zero-order valence-corrected chi connectivity index (χ0v) is 10.8. The van der Waals surface area contributed by atoms with Crippen LogP contribution in [-0.4, -0.2) is 55.5 Å². The van der Waals surface area contributed by atoms with E-state index in [1.54, 1.807) is 0 Å². The van der Waals surface area contributed by atoms with Crippen LogP contribution in [-0.2, 0) is 4.79 Å². The average molecular weight is 227 g/mol. The molecule has 4 heteroatoms. The quantitative estimate of drug-likeness (QED) is 0.745. The third-order valence-electron chi connectivity index (χ3n) is 3.55. The summed E-state index contributed by atoms with van der Waals surface area (Å²) in [6.07, 6.45) is 3.24. The van der Waals surface area contributed by atoms with Crippen molar-refractivity contribution in [2.45, 2.75) is 32.2 Å². The molecule has 0 radical (unpaired) electrons. The fourth-order valence-electron chi connectivity index (χ4n) is 2.37. The summed E-state index contributed by atoms with van der Waals surface area (Å²) in [6, 6.07) is 0.541. The Labute approximate surface area is 98.8 Å². The molecule has 1 aliphatic rings. The largest absolute Gasteiger partial charge is 0.344 e. The lowest BCUT2D eigenvalue weighted by Gasteiger charge is -2.27. The van der Waals surface area contributed by atoms with Gasteiger partial charge < -0.3 is 15.5 Å². The van der Waals surface area contributed by atoms with E-state index in [0.717, 1.165) is 19.5 Å². The van der Waals surface area contributed by atoms with Gasteiger partial charge in [0.2, 0.25) is 5.91 Å². The van der Waals surface area contributed by atoms with Crippen molar-refractivity contribution in [1.29, 1.82) is 0 Å². The fourth-order valence-corrected chi connectivity index (χ4v) is 2.37. The molecule has 1 saturated heterocycles. The minimum Gasteiger partial charge on any atom is -0.344 e. The van der Waals surface area contributed by atoms with Gasteiger partial charge in [-0.25, -0.2) is 0 Å². The number of hydrogen-bond donors (Lipinski definition) is 1. The molecule has 1 amide bonds. The fraction of sp³-hybridized carbons (Fsp3) is 0.917. The minimum atomic E-state index is 0.0571. The summed E-state index contributed by atoms with van der Waals surface area (Å²) in [5.41, 5.74) is 5.47.